The summed E-state index contributed by atoms with van der Waals surface area (Å²) in [5.41, 5.74) is -0.714. The minimum Gasteiger partial charge on any atom is -0.497 e. The lowest BCUT2D eigenvalue weighted by molar-refractivity contribution is 0.0646. The maximum atomic E-state index is 12.8. The third-order valence-electron chi connectivity index (χ3n) is 2.69. The van der Waals surface area contributed by atoms with Gasteiger partial charge in [0, 0.05) is 0 Å². The summed E-state index contributed by atoms with van der Waals surface area (Å²) in [4.78, 5) is 14.5. The van der Waals surface area contributed by atoms with Gasteiger partial charge >= 0.3 is 5.97 Å². The smallest absolute Gasteiger partial charge is 0.374 e. The van der Waals surface area contributed by atoms with Crippen LogP contribution in [0.1, 0.15) is 22.7 Å². The van der Waals surface area contributed by atoms with Crippen LogP contribution in [0.2, 0.25) is 0 Å². The molecular weight excluding hydrogens is 288 g/mol. The van der Waals surface area contributed by atoms with Gasteiger partial charge in [0.1, 0.15) is 11.5 Å². The number of rotatable bonds is 5. The number of halogens is 2. The van der Waals surface area contributed by atoms with Gasteiger partial charge in [0.2, 0.25) is 11.7 Å². The lowest BCUT2D eigenvalue weighted by Gasteiger charge is -2.07. The van der Waals surface area contributed by atoms with Gasteiger partial charge < -0.3 is 19.0 Å². The Morgan fingerprint density at radius 2 is 2.05 bits per heavy atom. The molecule has 1 N–H and O–H groups in total. The third kappa shape index (κ3) is 2.78. The molecule has 0 atom stereocenters. The van der Waals surface area contributed by atoms with Gasteiger partial charge in [0.25, 0.3) is 6.43 Å². The van der Waals surface area contributed by atoms with Crippen molar-refractivity contribution in [3.05, 3.63) is 29.7 Å². The Morgan fingerprint density at radius 3 is 2.52 bits per heavy atom. The zero-order chi connectivity index (χ0) is 15.6. The molecule has 8 heteroatoms. The van der Waals surface area contributed by atoms with E-state index < -0.39 is 23.8 Å². The van der Waals surface area contributed by atoms with Crippen LogP contribution in [-0.4, -0.2) is 30.3 Å². The number of hydrogen-bond donors (Lipinski definition) is 1. The number of ether oxygens (including phenoxy) is 2. The van der Waals surface area contributed by atoms with E-state index >= 15 is 0 Å². The van der Waals surface area contributed by atoms with Crippen molar-refractivity contribution in [2.45, 2.75) is 6.43 Å². The van der Waals surface area contributed by atoms with Crippen LogP contribution in [0, 0.1) is 0 Å². The summed E-state index contributed by atoms with van der Waals surface area (Å²) >= 11 is 0. The molecule has 0 aliphatic heterocycles. The molecule has 0 fully saturated rings. The molecule has 1 aromatic heterocycles. The molecular formula is C13H11F2NO5. The zero-order valence-corrected chi connectivity index (χ0v) is 11.1. The fourth-order valence-corrected chi connectivity index (χ4v) is 1.73. The van der Waals surface area contributed by atoms with Crippen molar-refractivity contribution >= 4 is 5.97 Å². The molecule has 0 aliphatic carbocycles. The predicted molar refractivity (Wildman–Crippen MR) is 67.0 cm³/mol. The molecule has 0 amide bonds. The summed E-state index contributed by atoms with van der Waals surface area (Å²) in [6.45, 7) is 0. The van der Waals surface area contributed by atoms with Crippen molar-refractivity contribution in [2.75, 3.05) is 14.2 Å². The Bertz CT molecular complexity index is 669. The highest BCUT2D eigenvalue weighted by Crippen LogP contribution is 2.35. The van der Waals surface area contributed by atoms with Gasteiger partial charge in [-0.25, -0.2) is 18.6 Å². The first-order chi connectivity index (χ1) is 9.97. The molecule has 6 nitrogen and oxygen atoms in total. The maximum Gasteiger partial charge on any atom is 0.374 e. The molecule has 2 aromatic rings. The molecule has 0 spiro atoms. The van der Waals surface area contributed by atoms with E-state index in [-0.39, 0.29) is 17.2 Å². The molecule has 1 heterocycles. The van der Waals surface area contributed by atoms with Gasteiger partial charge in [-0.3, -0.25) is 0 Å². The van der Waals surface area contributed by atoms with E-state index in [2.05, 4.69) is 4.98 Å². The molecule has 21 heavy (non-hydrogen) atoms. The van der Waals surface area contributed by atoms with E-state index in [9.17, 15) is 13.6 Å². The van der Waals surface area contributed by atoms with E-state index in [1.807, 2.05) is 0 Å². The molecule has 0 radical (unpaired) electrons. The van der Waals surface area contributed by atoms with E-state index in [0.717, 1.165) is 0 Å². The van der Waals surface area contributed by atoms with Crippen LogP contribution >= 0.6 is 0 Å². The minimum atomic E-state index is -3.06. The normalized spacial score (nSPS) is 10.7. The van der Waals surface area contributed by atoms with Gasteiger partial charge in [0.15, 0.2) is 5.69 Å². The van der Waals surface area contributed by atoms with Crippen LogP contribution < -0.4 is 9.47 Å². The Labute approximate surface area is 117 Å². The van der Waals surface area contributed by atoms with Crippen LogP contribution in [0.25, 0.3) is 11.5 Å². The molecule has 0 unspecified atom stereocenters. The van der Waals surface area contributed by atoms with Crippen LogP contribution in [-0.2, 0) is 0 Å². The molecule has 1 aromatic carbocycles. The highest BCUT2D eigenvalue weighted by molar-refractivity contribution is 5.86. The summed E-state index contributed by atoms with van der Waals surface area (Å²) in [7, 11) is 2.80. The number of carbonyl (C=O) groups is 1. The summed E-state index contributed by atoms with van der Waals surface area (Å²) in [5, 5.41) is 8.88. The first-order valence-electron chi connectivity index (χ1n) is 5.72. The second kappa shape index (κ2) is 5.78. The first-order valence-corrected chi connectivity index (χ1v) is 5.72. The molecule has 2 rings (SSSR count). The Morgan fingerprint density at radius 1 is 1.33 bits per heavy atom. The number of aromatic carboxylic acids is 1. The Balaban J connectivity index is 2.61. The van der Waals surface area contributed by atoms with Crippen molar-refractivity contribution in [3.8, 4) is 23.0 Å². The van der Waals surface area contributed by atoms with Crippen molar-refractivity contribution in [1.82, 2.24) is 4.98 Å². The SMILES string of the molecule is COc1ccc(OC)c(-c2nc(C(F)F)c(C(=O)O)o2)c1. The number of aromatic nitrogens is 1. The van der Waals surface area contributed by atoms with E-state index in [4.69, 9.17) is 19.0 Å². The van der Waals surface area contributed by atoms with Crippen LogP contribution in [0.15, 0.2) is 22.6 Å². The number of nitrogens with zero attached hydrogens (tertiary/aromatic N) is 1. The fraction of sp³-hybridized carbons (Fsp3) is 0.231. The lowest BCUT2D eigenvalue weighted by Crippen LogP contribution is -1.99. The van der Waals surface area contributed by atoms with Crippen molar-refractivity contribution in [1.29, 1.82) is 0 Å². The van der Waals surface area contributed by atoms with E-state index in [1.54, 1.807) is 6.07 Å². The monoisotopic (exact) mass is 299 g/mol. The second-order valence-corrected chi connectivity index (χ2v) is 3.91. The van der Waals surface area contributed by atoms with E-state index in [0.29, 0.717) is 5.75 Å². The van der Waals surface area contributed by atoms with Gasteiger partial charge in [0.05, 0.1) is 19.8 Å². The van der Waals surface area contributed by atoms with Crippen LogP contribution in [0.4, 0.5) is 8.78 Å². The molecule has 0 saturated heterocycles. The number of alkyl halides is 2. The molecule has 112 valence electrons. The average Bonchev–Trinajstić information content (AvgIpc) is 2.92. The largest absolute Gasteiger partial charge is 0.497 e. The maximum absolute atomic E-state index is 12.8. The zero-order valence-electron chi connectivity index (χ0n) is 11.1. The highest BCUT2D eigenvalue weighted by Gasteiger charge is 2.27. The van der Waals surface area contributed by atoms with Crippen molar-refractivity contribution < 1.29 is 32.6 Å². The molecule has 0 aliphatic rings. The molecule has 0 bridgehead atoms. The van der Waals surface area contributed by atoms with Crippen molar-refractivity contribution in [2.24, 2.45) is 0 Å². The summed E-state index contributed by atoms with van der Waals surface area (Å²) in [6.07, 6.45) is -3.06. The average molecular weight is 299 g/mol. The highest BCUT2D eigenvalue weighted by atomic mass is 19.3. The van der Waals surface area contributed by atoms with Crippen LogP contribution in [0.5, 0.6) is 11.5 Å². The standard InChI is InChI=1S/C13H11F2NO5/c1-19-6-3-4-8(20-2)7(5-6)12-16-9(11(14)15)10(21-12)13(17)18/h3-5,11H,1-2H3,(H,17,18). The van der Waals surface area contributed by atoms with E-state index in [1.165, 1.54) is 26.4 Å². The number of methoxy groups -OCH3 is 2. The third-order valence-corrected chi connectivity index (χ3v) is 2.69. The Kier molecular flexibility index (Phi) is 4.06. The summed E-state index contributed by atoms with van der Waals surface area (Å²) in [5.74, 6) is -2.09. The predicted octanol–water partition coefficient (Wildman–Crippen LogP) is 2.99. The van der Waals surface area contributed by atoms with Gasteiger partial charge in [-0.2, -0.15) is 0 Å². The molecule has 0 saturated carbocycles. The van der Waals surface area contributed by atoms with Gasteiger partial charge in [-0.05, 0) is 18.2 Å². The van der Waals surface area contributed by atoms with Crippen molar-refractivity contribution in [3.63, 3.8) is 0 Å². The number of carboxylic acids is 1. The fourth-order valence-electron chi connectivity index (χ4n) is 1.73. The van der Waals surface area contributed by atoms with Gasteiger partial charge in [-0.15, -0.1) is 0 Å². The summed E-state index contributed by atoms with van der Waals surface area (Å²) < 4.78 is 40.6. The number of hydrogen-bond acceptors (Lipinski definition) is 5. The minimum absolute atomic E-state index is 0.214. The quantitative estimate of drug-likeness (QED) is 0.914. The summed E-state index contributed by atoms with van der Waals surface area (Å²) in [6, 6.07) is 4.57. The number of oxazole rings is 1. The number of benzene rings is 1. The topological polar surface area (TPSA) is 81.8 Å². The van der Waals surface area contributed by atoms with Gasteiger partial charge in [-0.1, -0.05) is 0 Å². The Hall–Kier alpha value is -2.64. The number of carboxylic acid groups (broad SMARTS) is 1. The van der Waals surface area contributed by atoms with Crippen LogP contribution in [0.3, 0.4) is 0 Å². The lowest BCUT2D eigenvalue weighted by atomic mass is 10.2. The second-order valence-electron chi connectivity index (χ2n) is 3.91. The first kappa shape index (κ1) is 14.8.